The van der Waals surface area contributed by atoms with Crippen LogP contribution in [0, 0.1) is 12.8 Å². The number of rotatable bonds is 12. The maximum Gasteiger partial charge on any atom is 0.264 e. The van der Waals surface area contributed by atoms with E-state index >= 15 is 0 Å². The highest BCUT2D eigenvalue weighted by atomic mass is 35.5. The molecule has 11 heteroatoms. The van der Waals surface area contributed by atoms with Crippen LogP contribution in [-0.4, -0.2) is 51.4 Å². The number of aryl methyl sites for hydroxylation is 1. The van der Waals surface area contributed by atoms with E-state index in [9.17, 15) is 18.0 Å². The quantitative estimate of drug-likeness (QED) is 0.281. The lowest BCUT2D eigenvalue weighted by atomic mass is 10.1. The summed E-state index contributed by atoms with van der Waals surface area (Å²) in [5.41, 5.74) is 1.78. The number of halogens is 2. The van der Waals surface area contributed by atoms with Gasteiger partial charge in [-0.05, 0) is 67.8 Å². The largest absolute Gasteiger partial charge is 0.497 e. The molecule has 3 aromatic rings. The SMILES string of the molecule is COc1ccc(CN(C(=O)CN(c2ccc(Cl)c(Cl)c2)S(=O)(=O)c2ccc(C)cc2)[C@H](C)C(=O)NCC(C)C)cc1. The fraction of sp³-hybridized carbons (Fsp3) is 0.333. The number of nitrogens with zero attached hydrogens (tertiary/aromatic N) is 2. The molecule has 0 bridgehead atoms. The molecule has 0 aliphatic rings. The van der Waals surface area contributed by atoms with Gasteiger partial charge >= 0.3 is 0 Å². The molecule has 0 aromatic heterocycles. The number of hydrogen-bond acceptors (Lipinski definition) is 5. The Morgan fingerprint density at radius 2 is 1.56 bits per heavy atom. The topological polar surface area (TPSA) is 96.0 Å². The van der Waals surface area contributed by atoms with Crippen LogP contribution in [0.4, 0.5) is 5.69 Å². The predicted molar refractivity (Wildman–Crippen MR) is 163 cm³/mol. The molecule has 220 valence electrons. The molecule has 3 rings (SSSR count). The van der Waals surface area contributed by atoms with Gasteiger partial charge in [-0.15, -0.1) is 0 Å². The molecule has 1 atom stereocenters. The Hall–Kier alpha value is -3.27. The number of methoxy groups -OCH3 is 1. The summed E-state index contributed by atoms with van der Waals surface area (Å²) in [7, 11) is -2.66. The minimum absolute atomic E-state index is 0.00593. The maximum atomic E-state index is 14.0. The Morgan fingerprint density at radius 3 is 2.12 bits per heavy atom. The first kappa shape index (κ1) is 32.2. The van der Waals surface area contributed by atoms with Crippen molar-refractivity contribution in [1.82, 2.24) is 10.2 Å². The summed E-state index contributed by atoms with van der Waals surface area (Å²) in [5, 5.41) is 3.24. The first-order chi connectivity index (χ1) is 19.3. The van der Waals surface area contributed by atoms with Crippen LogP contribution >= 0.6 is 23.2 Å². The van der Waals surface area contributed by atoms with E-state index in [1.165, 1.54) is 35.2 Å². The second kappa shape index (κ2) is 14.1. The summed E-state index contributed by atoms with van der Waals surface area (Å²) in [6.07, 6.45) is 0. The standard InChI is InChI=1S/C30H35Cl2N3O5S/c1-20(2)17-33-30(37)22(4)34(18-23-8-11-25(40-5)12-9-23)29(36)19-35(24-10-15-27(31)28(32)16-24)41(38,39)26-13-6-21(3)7-14-26/h6-16,20,22H,17-19H2,1-5H3,(H,33,37)/t22-/m1/s1. The maximum absolute atomic E-state index is 14.0. The molecule has 0 fully saturated rings. The molecule has 2 amide bonds. The molecule has 41 heavy (non-hydrogen) atoms. The van der Waals surface area contributed by atoms with Gasteiger partial charge in [-0.2, -0.15) is 0 Å². The molecule has 0 unspecified atom stereocenters. The molecule has 1 N–H and O–H groups in total. The molecular weight excluding hydrogens is 585 g/mol. The van der Waals surface area contributed by atoms with Gasteiger partial charge in [0.2, 0.25) is 11.8 Å². The highest BCUT2D eigenvalue weighted by molar-refractivity contribution is 7.92. The van der Waals surface area contributed by atoms with Gasteiger partial charge in [0, 0.05) is 13.1 Å². The number of amides is 2. The van der Waals surface area contributed by atoms with Crippen LogP contribution in [0.3, 0.4) is 0 Å². The van der Waals surface area contributed by atoms with Gasteiger partial charge in [0.1, 0.15) is 18.3 Å². The van der Waals surface area contributed by atoms with E-state index in [4.69, 9.17) is 27.9 Å². The smallest absolute Gasteiger partial charge is 0.264 e. The molecule has 0 aliphatic carbocycles. The van der Waals surface area contributed by atoms with Gasteiger partial charge in [0.15, 0.2) is 0 Å². The van der Waals surface area contributed by atoms with Crippen LogP contribution in [0.5, 0.6) is 5.75 Å². The molecule has 0 aliphatic heterocycles. The average molecular weight is 621 g/mol. The number of anilines is 1. The monoisotopic (exact) mass is 619 g/mol. The van der Waals surface area contributed by atoms with E-state index in [0.717, 1.165) is 15.4 Å². The fourth-order valence-electron chi connectivity index (χ4n) is 3.97. The molecule has 0 spiro atoms. The summed E-state index contributed by atoms with van der Waals surface area (Å²) in [6, 6.07) is 16.9. The van der Waals surface area contributed by atoms with Gasteiger partial charge in [-0.3, -0.25) is 13.9 Å². The second-order valence-corrected chi connectivity index (χ2v) is 12.8. The Kier molecular flexibility index (Phi) is 11.1. The van der Waals surface area contributed by atoms with Crippen LogP contribution in [-0.2, 0) is 26.2 Å². The number of carbonyl (C=O) groups is 2. The van der Waals surface area contributed by atoms with E-state index < -0.39 is 28.5 Å². The lowest BCUT2D eigenvalue weighted by Crippen LogP contribution is -2.51. The summed E-state index contributed by atoms with van der Waals surface area (Å²) >= 11 is 12.3. The average Bonchev–Trinajstić information content (AvgIpc) is 2.94. The minimum atomic E-state index is -4.21. The number of sulfonamides is 1. The Bertz CT molecular complexity index is 1460. The van der Waals surface area contributed by atoms with Crippen molar-refractivity contribution in [3.05, 3.63) is 87.9 Å². The van der Waals surface area contributed by atoms with Gasteiger partial charge < -0.3 is 15.0 Å². The van der Waals surface area contributed by atoms with E-state index in [1.807, 2.05) is 20.8 Å². The Labute approximate surface area is 252 Å². The fourth-order valence-corrected chi connectivity index (χ4v) is 5.67. The molecule has 3 aromatic carbocycles. The van der Waals surface area contributed by atoms with Crippen molar-refractivity contribution >= 4 is 50.7 Å². The Morgan fingerprint density at radius 1 is 0.927 bits per heavy atom. The third kappa shape index (κ3) is 8.38. The van der Waals surface area contributed by atoms with Crippen molar-refractivity contribution in [3.8, 4) is 5.75 Å². The van der Waals surface area contributed by atoms with Gasteiger partial charge in [-0.25, -0.2) is 8.42 Å². The van der Waals surface area contributed by atoms with Crippen LogP contribution in [0.15, 0.2) is 71.6 Å². The van der Waals surface area contributed by atoms with E-state index in [-0.39, 0.29) is 39.0 Å². The second-order valence-electron chi connectivity index (χ2n) is 10.1. The van der Waals surface area contributed by atoms with Crippen LogP contribution in [0.25, 0.3) is 0 Å². The van der Waals surface area contributed by atoms with Crippen LogP contribution in [0.1, 0.15) is 31.9 Å². The number of nitrogens with one attached hydrogen (secondary N) is 1. The minimum Gasteiger partial charge on any atom is -0.497 e. The highest BCUT2D eigenvalue weighted by Gasteiger charge is 2.32. The zero-order valence-electron chi connectivity index (χ0n) is 23.7. The zero-order valence-corrected chi connectivity index (χ0v) is 26.1. The predicted octanol–water partition coefficient (Wildman–Crippen LogP) is 5.70. The van der Waals surface area contributed by atoms with E-state index in [1.54, 1.807) is 50.4 Å². The first-order valence-electron chi connectivity index (χ1n) is 13.1. The van der Waals surface area contributed by atoms with Crippen LogP contribution < -0.4 is 14.4 Å². The number of carbonyl (C=O) groups excluding carboxylic acids is 2. The first-order valence-corrected chi connectivity index (χ1v) is 15.3. The Balaban J connectivity index is 2.03. The van der Waals surface area contributed by atoms with Crippen LogP contribution in [0.2, 0.25) is 10.0 Å². The number of ether oxygens (including phenoxy) is 1. The van der Waals surface area contributed by atoms with Crippen molar-refractivity contribution in [2.75, 3.05) is 24.5 Å². The molecular formula is C30H35Cl2N3O5S. The number of hydrogen-bond donors (Lipinski definition) is 1. The normalized spacial score (nSPS) is 12.1. The van der Waals surface area contributed by atoms with Crippen molar-refractivity contribution in [3.63, 3.8) is 0 Å². The molecule has 8 nitrogen and oxygen atoms in total. The van der Waals surface area contributed by atoms with Crippen molar-refractivity contribution in [2.45, 2.75) is 45.2 Å². The summed E-state index contributed by atoms with van der Waals surface area (Å²) in [4.78, 5) is 28.4. The molecule has 0 heterocycles. The summed E-state index contributed by atoms with van der Waals surface area (Å²) in [5.74, 6) is -0.0659. The molecule has 0 saturated carbocycles. The van der Waals surface area contributed by atoms with E-state index in [2.05, 4.69) is 5.32 Å². The third-order valence-electron chi connectivity index (χ3n) is 6.44. The van der Waals surface area contributed by atoms with E-state index in [0.29, 0.717) is 12.3 Å². The lowest BCUT2D eigenvalue weighted by Gasteiger charge is -2.32. The summed E-state index contributed by atoms with van der Waals surface area (Å²) < 4.78 is 34.0. The van der Waals surface area contributed by atoms with Gasteiger partial charge in [-0.1, -0.05) is 66.9 Å². The highest BCUT2D eigenvalue weighted by Crippen LogP contribution is 2.31. The number of benzene rings is 3. The van der Waals surface area contributed by atoms with Gasteiger partial charge in [0.05, 0.1) is 27.7 Å². The lowest BCUT2D eigenvalue weighted by molar-refractivity contribution is -0.139. The van der Waals surface area contributed by atoms with Crippen molar-refractivity contribution in [2.24, 2.45) is 5.92 Å². The van der Waals surface area contributed by atoms with Gasteiger partial charge in [0.25, 0.3) is 10.0 Å². The third-order valence-corrected chi connectivity index (χ3v) is 8.97. The summed E-state index contributed by atoms with van der Waals surface area (Å²) in [6.45, 7) is 7.33. The molecule has 0 saturated heterocycles. The van der Waals surface area contributed by atoms with Crippen molar-refractivity contribution in [1.29, 1.82) is 0 Å². The zero-order chi connectivity index (χ0) is 30.3. The molecule has 0 radical (unpaired) electrons. The van der Waals surface area contributed by atoms with Crippen molar-refractivity contribution < 1.29 is 22.7 Å².